The summed E-state index contributed by atoms with van der Waals surface area (Å²) in [4.78, 5) is 24.9. The van der Waals surface area contributed by atoms with Gasteiger partial charge >= 0.3 is 5.97 Å². The van der Waals surface area contributed by atoms with Crippen LogP contribution < -0.4 is 10.9 Å². The maximum atomic E-state index is 13.3. The average molecular weight is 480 g/mol. The highest BCUT2D eigenvalue weighted by Crippen LogP contribution is 2.65. The lowest BCUT2D eigenvalue weighted by atomic mass is 9.46. The Morgan fingerprint density at radius 1 is 1.25 bits per heavy atom. The van der Waals surface area contributed by atoms with Gasteiger partial charge in [-0.05, 0) is 73.5 Å². The summed E-state index contributed by atoms with van der Waals surface area (Å²) in [6.45, 7) is 0.265. The van der Waals surface area contributed by atoms with Gasteiger partial charge < -0.3 is 10.4 Å². The number of benzene rings is 1. The number of anilines is 1. The normalized spacial score (nSPS) is 30.5. The average Bonchev–Trinajstić information content (AvgIpc) is 2.68. The van der Waals surface area contributed by atoms with Crippen LogP contribution >= 0.6 is 23.2 Å². The number of rotatable bonds is 6. The van der Waals surface area contributed by atoms with Gasteiger partial charge in [-0.25, -0.2) is 9.07 Å². The van der Waals surface area contributed by atoms with Crippen LogP contribution in [0.25, 0.3) is 0 Å². The minimum absolute atomic E-state index is 0.0428. The van der Waals surface area contributed by atoms with E-state index in [1.165, 1.54) is 16.8 Å². The Bertz CT molecular complexity index is 1140. The number of carboxylic acids is 1. The zero-order valence-electron chi connectivity index (χ0n) is 17.4. The highest BCUT2D eigenvalue weighted by atomic mass is 35.5. The molecule has 0 spiro atoms. The lowest BCUT2D eigenvalue weighted by Gasteiger charge is -2.61. The number of aliphatic carboxylic acids is 1. The summed E-state index contributed by atoms with van der Waals surface area (Å²) in [6, 6.07) is 4.13. The molecule has 2 N–H and O–H groups in total. The number of carboxylic acid groups (broad SMARTS) is 1. The molecule has 4 fully saturated rings. The van der Waals surface area contributed by atoms with Crippen LogP contribution in [0.15, 0.2) is 29.2 Å². The fourth-order valence-corrected chi connectivity index (χ4v) is 7.36. The molecule has 32 heavy (non-hydrogen) atoms. The number of aromatic nitrogens is 2. The van der Waals surface area contributed by atoms with Crippen LogP contribution in [0.3, 0.4) is 0 Å². The Labute approximate surface area is 194 Å². The van der Waals surface area contributed by atoms with E-state index in [4.69, 9.17) is 23.2 Å². The van der Waals surface area contributed by atoms with Gasteiger partial charge in [0.15, 0.2) is 0 Å². The quantitative estimate of drug-likeness (QED) is 0.603. The number of nitrogens with one attached hydrogen (secondary N) is 1. The second-order valence-corrected chi connectivity index (χ2v) is 10.7. The smallest absolute Gasteiger partial charge is 0.303 e. The van der Waals surface area contributed by atoms with Crippen molar-refractivity contribution in [1.82, 2.24) is 9.78 Å². The molecule has 6 rings (SSSR count). The zero-order chi connectivity index (χ0) is 22.7. The molecule has 170 valence electrons. The molecule has 6 nitrogen and oxygen atoms in total. The van der Waals surface area contributed by atoms with Gasteiger partial charge in [0, 0.05) is 11.6 Å². The van der Waals surface area contributed by atoms with Gasteiger partial charge in [0.25, 0.3) is 5.56 Å². The lowest BCUT2D eigenvalue weighted by molar-refractivity contribution is -0.151. The molecule has 2 atom stereocenters. The molecule has 0 amide bonds. The van der Waals surface area contributed by atoms with Crippen LogP contribution in [0, 0.1) is 23.1 Å². The largest absolute Gasteiger partial charge is 0.481 e. The topological polar surface area (TPSA) is 84.2 Å². The van der Waals surface area contributed by atoms with Crippen molar-refractivity contribution in [2.24, 2.45) is 17.3 Å². The number of halogens is 3. The van der Waals surface area contributed by atoms with Crippen LogP contribution in [0.4, 0.5) is 10.1 Å². The molecule has 4 bridgehead atoms. The van der Waals surface area contributed by atoms with Crippen molar-refractivity contribution >= 4 is 34.9 Å². The van der Waals surface area contributed by atoms with Gasteiger partial charge in [-0.1, -0.05) is 29.3 Å². The molecule has 1 aromatic carbocycles. The van der Waals surface area contributed by atoms with Gasteiger partial charge in [-0.15, -0.1) is 0 Å². The lowest BCUT2D eigenvalue weighted by Crippen LogP contribution is -2.59. The number of hydrogen-bond acceptors (Lipinski definition) is 4. The molecule has 1 aromatic heterocycles. The Hall–Kier alpha value is -2.12. The summed E-state index contributed by atoms with van der Waals surface area (Å²) in [7, 11) is 0. The minimum Gasteiger partial charge on any atom is -0.481 e. The summed E-state index contributed by atoms with van der Waals surface area (Å²) < 4.78 is 14.8. The van der Waals surface area contributed by atoms with Crippen LogP contribution in [-0.4, -0.2) is 20.9 Å². The van der Waals surface area contributed by atoms with E-state index in [0.717, 1.165) is 32.1 Å². The second kappa shape index (κ2) is 7.73. The van der Waals surface area contributed by atoms with E-state index in [1.807, 2.05) is 0 Å². The first-order chi connectivity index (χ1) is 15.2. The fourth-order valence-electron chi connectivity index (χ4n) is 6.93. The monoisotopic (exact) mass is 479 g/mol. The molecule has 4 saturated carbocycles. The van der Waals surface area contributed by atoms with E-state index in [1.54, 1.807) is 12.3 Å². The van der Waals surface area contributed by atoms with Crippen molar-refractivity contribution in [3.8, 4) is 0 Å². The van der Waals surface area contributed by atoms with E-state index >= 15 is 0 Å². The van der Waals surface area contributed by atoms with Crippen LogP contribution in [0.1, 0.15) is 50.5 Å². The highest BCUT2D eigenvalue weighted by Gasteiger charge is 2.59. The predicted octanol–water partition coefficient (Wildman–Crippen LogP) is 5.07. The highest BCUT2D eigenvalue weighted by molar-refractivity contribution is 6.33. The number of carbonyl (C=O) groups is 1. The van der Waals surface area contributed by atoms with Gasteiger partial charge in [-0.2, -0.15) is 5.10 Å². The molecule has 0 radical (unpaired) electrons. The van der Waals surface area contributed by atoms with Crippen molar-refractivity contribution < 1.29 is 14.3 Å². The van der Waals surface area contributed by atoms with Gasteiger partial charge in [-0.3, -0.25) is 9.59 Å². The van der Waals surface area contributed by atoms with Crippen LogP contribution in [-0.2, 0) is 16.9 Å². The first kappa shape index (κ1) is 21.7. The predicted molar refractivity (Wildman–Crippen MR) is 120 cm³/mol. The van der Waals surface area contributed by atoms with Crippen molar-refractivity contribution in [1.29, 1.82) is 0 Å². The van der Waals surface area contributed by atoms with Crippen LogP contribution in [0.5, 0.6) is 0 Å². The Kier molecular flexibility index (Phi) is 5.25. The molecule has 1 heterocycles. The van der Waals surface area contributed by atoms with Gasteiger partial charge in [0.1, 0.15) is 10.8 Å². The summed E-state index contributed by atoms with van der Waals surface area (Å²) in [5.41, 5.74) is -0.0451. The van der Waals surface area contributed by atoms with Crippen molar-refractivity contribution in [2.45, 2.75) is 57.0 Å². The maximum absolute atomic E-state index is 13.3. The Balaban J connectivity index is 1.43. The van der Waals surface area contributed by atoms with Gasteiger partial charge in [0.2, 0.25) is 0 Å². The zero-order valence-corrected chi connectivity index (χ0v) is 18.9. The standard InChI is InChI=1S/C23H24Cl2FN3O3/c24-17-4-16(26)2-1-15(17)10-27-18-11-28-29(21(32)20(18)25)23-7-13-3-14(8-23)6-22(5-13,12-23)9-19(30)31/h1-2,4,11,13-14,27H,3,5-10,12H2,(H,30,31)/t13-,14-,22?,23?/m1/s1. The molecule has 4 aliphatic rings. The second-order valence-electron chi connectivity index (χ2n) is 9.93. The third-order valence-electron chi connectivity index (χ3n) is 7.53. The first-order valence-electron chi connectivity index (χ1n) is 10.9. The number of nitrogens with zero attached hydrogens (tertiary/aromatic N) is 2. The fraction of sp³-hybridized carbons (Fsp3) is 0.522. The van der Waals surface area contributed by atoms with E-state index in [9.17, 15) is 19.1 Å². The molecule has 4 aliphatic carbocycles. The molecular formula is C23H24Cl2FN3O3. The number of hydrogen-bond donors (Lipinski definition) is 2. The Morgan fingerprint density at radius 3 is 2.62 bits per heavy atom. The summed E-state index contributed by atoms with van der Waals surface area (Å²) in [5.74, 6) is -0.361. The first-order valence-corrected chi connectivity index (χ1v) is 11.6. The maximum Gasteiger partial charge on any atom is 0.303 e. The van der Waals surface area contributed by atoms with E-state index in [0.29, 0.717) is 29.5 Å². The minimum atomic E-state index is -0.778. The van der Waals surface area contributed by atoms with Crippen molar-refractivity contribution in [2.75, 3.05) is 5.32 Å². The molecule has 2 aromatic rings. The van der Waals surface area contributed by atoms with Crippen molar-refractivity contribution in [3.63, 3.8) is 0 Å². The van der Waals surface area contributed by atoms with Crippen molar-refractivity contribution in [3.05, 3.63) is 56.2 Å². The van der Waals surface area contributed by atoms with E-state index in [-0.39, 0.29) is 34.0 Å². The molecule has 0 saturated heterocycles. The molecule has 0 aliphatic heterocycles. The summed E-state index contributed by atoms with van der Waals surface area (Å²) in [5, 5.41) is 17.4. The van der Waals surface area contributed by atoms with E-state index in [2.05, 4.69) is 10.4 Å². The summed E-state index contributed by atoms with van der Waals surface area (Å²) in [6.07, 6.45) is 6.95. The third kappa shape index (κ3) is 3.69. The van der Waals surface area contributed by atoms with Gasteiger partial charge in [0.05, 0.1) is 23.8 Å². The molecular weight excluding hydrogens is 456 g/mol. The van der Waals surface area contributed by atoms with E-state index < -0.39 is 17.3 Å². The third-order valence-corrected chi connectivity index (χ3v) is 8.25. The van der Waals surface area contributed by atoms with Crippen LogP contribution in [0.2, 0.25) is 10.0 Å². The molecule has 9 heteroatoms. The molecule has 0 unspecified atom stereocenters. The summed E-state index contributed by atoms with van der Waals surface area (Å²) >= 11 is 12.5. The Morgan fingerprint density at radius 2 is 1.97 bits per heavy atom. The SMILES string of the molecule is O=C(O)CC12C[C@H]3C[C@H](C1)CC(n1ncc(NCc4ccc(F)cc4Cl)c(Cl)c1=O)(C3)C2.